The fraction of sp³-hybridized carbons (Fsp3) is 0.286. The fourth-order valence-electron chi connectivity index (χ4n) is 2.77. The van der Waals surface area contributed by atoms with Gasteiger partial charge in [-0.3, -0.25) is 4.79 Å². The third-order valence-electron chi connectivity index (χ3n) is 4.25. The van der Waals surface area contributed by atoms with Gasteiger partial charge in [-0.1, -0.05) is 47.1 Å². The molecule has 1 aromatic heterocycles. The first-order valence-corrected chi connectivity index (χ1v) is 10.6. The van der Waals surface area contributed by atoms with Crippen LogP contribution in [0, 0.1) is 13.8 Å². The number of rotatable bonds is 8. The molecule has 1 N–H and O–H groups in total. The average Bonchev–Trinajstić information content (AvgIpc) is 3.13. The van der Waals surface area contributed by atoms with Crippen molar-refractivity contribution in [2.45, 2.75) is 32.4 Å². The Bertz CT molecular complexity index is 938. The summed E-state index contributed by atoms with van der Waals surface area (Å²) in [5.74, 6) is 2.53. The van der Waals surface area contributed by atoms with Crippen molar-refractivity contribution in [3.05, 3.63) is 64.5 Å². The molecule has 0 saturated carbocycles. The lowest BCUT2D eigenvalue weighted by Crippen LogP contribution is -2.13. The Labute approximate surface area is 173 Å². The second-order valence-electron chi connectivity index (χ2n) is 6.46. The van der Waals surface area contributed by atoms with E-state index in [1.807, 2.05) is 50.2 Å². The van der Waals surface area contributed by atoms with Crippen LogP contribution in [0.2, 0.25) is 5.02 Å². The second-order valence-corrected chi connectivity index (χ2v) is 7.98. The number of anilines is 1. The van der Waals surface area contributed by atoms with Crippen LogP contribution in [-0.4, -0.2) is 21.8 Å². The van der Waals surface area contributed by atoms with E-state index >= 15 is 0 Å². The summed E-state index contributed by atoms with van der Waals surface area (Å²) in [6.45, 7) is 4.00. The standard InChI is InChI=1S/C21H22ClN3O2S/c1-14-7-5-8-15(2)20(14)23-18(26)11-6-12-28-13-19-24-21(25-27-19)16-9-3-4-10-17(16)22/h3-5,7-10H,6,11-13H2,1-2H3,(H,23,26). The number of aryl methyl sites for hydroxylation is 2. The van der Waals surface area contributed by atoms with Crippen molar-refractivity contribution in [3.63, 3.8) is 0 Å². The molecule has 0 saturated heterocycles. The first kappa shape index (κ1) is 20.4. The van der Waals surface area contributed by atoms with Crippen molar-refractivity contribution in [3.8, 4) is 11.4 Å². The maximum Gasteiger partial charge on any atom is 0.236 e. The maximum absolute atomic E-state index is 12.2. The average molecular weight is 416 g/mol. The molecule has 28 heavy (non-hydrogen) atoms. The summed E-state index contributed by atoms with van der Waals surface area (Å²) in [6, 6.07) is 13.4. The maximum atomic E-state index is 12.2. The zero-order valence-corrected chi connectivity index (χ0v) is 17.4. The molecular formula is C21H22ClN3O2S. The van der Waals surface area contributed by atoms with E-state index in [4.69, 9.17) is 16.1 Å². The fourth-order valence-corrected chi connectivity index (χ4v) is 3.78. The highest BCUT2D eigenvalue weighted by Gasteiger charge is 2.12. The number of aromatic nitrogens is 2. The number of carbonyl (C=O) groups excluding carboxylic acids is 1. The van der Waals surface area contributed by atoms with E-state index in [1.165, 1.54) is 0 Å². The number of carbonyl (C=O) groups is 1. The van der Waals surface area contributed by atoms with Gasteiger partial charge in [0.1, 0.15) is 0 Å². The minimum atomic E-state index is 0.0387. The van der Waals surface area contributed by atoms with Crippen LogP contribution >= 0.6 is 23.4 Å². The Hall–Kier alpha value is -2.31. The van der Waals surface area contributed by atoms with Crippen molar-refractivity contribution >= 4 is 35.0 Å². The van der Waals surface area contributed by atoms with Gasteiger partial charge in [0.05, 0.1) is 10.8 Å². The molecular weight excluding hydrogens is 394 g/mol. The molecule has 0 bridgehead atoms. The minimum Gasteiger partial charge on any atom is -0.338 e. The van der Waals surface area contributed by atoms with E-state index in [0.29, 0.717) is 28.9 Å². The molecule has 0 aliphatic rings. The number of nitrogens with one attached hydrogen (secondary N) is 1. The van der Waals surface area contributed by atoms with Crippen LogP contribution in [0.5, 0.6) is 0 Å². The van der Waals surface area contributed by atoms with Crippen molar-refractivity contribution in [1.82, 2.24) is 10.1 Å². The zero-order chi connectivity index (χ0) is 19.9. The summed E-state index contributed by atoms with van der Waals surface area (Å²) in [4.78, 5) is 16.6. The SMILES string of the molecule is Cc1cccc(C)c1NC(=O)CCCSCc1nc(-c2ccccc2Cl)no1. The molecule has 2 aromatic carbocycles. The highest BCUT2D eigenvalue weighted by Crippen LogP contribution is 2.26. The molecule has 0 radical (unpaired) electrons. The van der Waals surface area contributed by atoms with Gasteiger partial charge in [0.2, 0.25) is 17.6 Å². The monoisotopic (exact) mass is 415 g/mol. The van der Waals surface area contributed by atoms with Gasteiger partial charge in [-0.05, 0) is 49.3 Å². The topological polar surface area (TPSA) is 68.0 Å². The Balaban J connectivity index is 1.41. The van der Waals surface area contributed by atoms with Gasteiger partial charge in [0.25, 0.3) is 0 Å². The van der Waals surface area contributed by atoms with Crippen molar-refractivity contribution < 1.29 is 9.32 Å². The minimum absolute atomic E-state index is 0.0387. The predicted octanol–water partition coefficient (Wildman–Crippen LogP) is 5.66. The van der Waals surface area contributed by atoms with Gasteiger partial charge >= 0.3 is 0 Å². The third-order valence-corrected chi connectivity index (χ3v) is 5.60. The lowest BCUT2D eigenvalue weighted by molar-refractivity contribution is -0.116. The Morgan fingerprint density at radius 2 is 1.89 bits per heavy atom. The van der Waals surface area contributed by atoms with Crippen molar-refractivity contribution in [2.75, 3.05) is 11.1 Å². The Kier molecular flexibility index (Phi) is 7.12. The van der Waals surface area contributed by atoms with Crippen LogP contribution in [0.3, 0.4) is 0 Å². The number of hydrogen-bond donors (Lipinski definition) is 1. The molecule has 3 rings (SSSR count). The van der Waals surface area contributed by atoms with E-state index < -0.39 is 0 Å². The van der Waals surface area contributed by atoms with Crippen molar-refractivity contribution in [1.29, 1.82) is 0 Å². The molecule has 5 nitrogen and oxygen atoms in total. The normalized spacial score (nSPS) is 10.8. The number of hydrogen-bond acceptors (Lipinski definition) is 5. The molecule has 3 aromatic rings. The number of nitrogens with zero attached hydrogens (tertiary/aromatic N) is 2. The summed E-state index contributed by atoms with van der Waals surface area (Å²) in [7, 11) is 0. The Morgan fingerprint density at radius 1 is 1.14 bits per heavy atom. The van der Waals surface area contributed by atoms with Crippen LogP contribution in [0.1, 0.15) is 29.9 Å². The van der Waals surface area contributed by atoms with Crippen LogP contribution < -0.4 is 5.32 Å². The van der Waals surface area contributed by atoms with Gasteiger partial charge in [0, 0.05) is 17.7 Å². The molecule has 0 atom stereocenters. The zero-order valence-electron chi connectivity index (χ0n) is 15.9. The van der Waals surface area contributed by atoms with E-state index in [-0.39, 0.29) is 5.91 Å². The van der Waals surface area contributed by atoms with E-state index in [1.54, 1.807) is 17.8 Å². The lowest BCUT2D eigenvalue weighted by atomic mass is 10.1. The molecule has 0 aliphatic carbocycles. The summed E-state index contributed by atoms with van der Waals surface area (Å²) >= 11 is 7.82. The number of para-hydroxylation sites is 1. The first-order valence-electron chi connectivity index (χ1n) is 9.06. The summed E-state index contributed by atoms with van der Waals surface area (Å²) in [6.07, 6.45) is 1.27. The van der Waals surface area contributed by atoms with Gasteiger partial charge in [-0.25, -0.2) is 0 Å². The molecule has 0 spiro atoms. The quantitative estimate of drug-likeness (QED) is 0.481. The van der Waals surface area contributed by atoms with Gasteiger partial charge in [0.15, 0.2) is 0 Å². The van der Waals surface area contributed by atoms with Crippen molar-refractivity contribution in [2.24, 2.45) is 0 Å². The first-order chi connectivity index (χ1) is 13.5. The van der Waals surface area contributed by atoms with E-state index in [9.17, 15) is 4.79 Å². The molecule has 1 heterocycles. The molecule has 0 unspecified atom stereocenters. The van der Waals surface area contributed by atoms with Gasteiger partial charge in [-0.15, -0.1) is 0 Å². The molecule has 7 heteroatoms. The van der Waals surface area contributed by atoms with E-state index in [2.05, 4.69) is 15.5 Å². The number of halogens is 1. The number of thioether (sulfide) groups is 1. The van der Waals surface area contributed by atoms with E-state index in [0.717, 1.165) is 34.6 Å². The van der Waals surface area contributed by atoms with Crippen LogP contribution in [0.4, 0.5) is 5.69 Å². The highest BCUT2D eigenvalue weighted by molar-refractivity contribution is 7.98. The smallest absolute Gasteiger partial charge is 0.236 e. The molecule has 0 fully saturated rings. The number of benzene rings is 2. The summed E-state index contributed by atoms with van der Waals surface area (Å²) < 4.78 is 5.29. The Morgan fingerprint density at radius 3 is 2.64 bits per heavy atom. The lowest BCUT2D eigenvalue weighted by Gasteiger charge is -2.11. The predicted molar refractivity (Wildman–Crippen MR) is 115 cm³/mol. The highest BCUT2D eigenvalue weighted by atomic mass is 35.5. The number of amides is 1. The van der Waals surface area contributed by atoms with Gasteiger partial charge < -0.3 is 9.84 Å². The molecule has 1 amide bonds. The third kappa shape index (κ3) is 5.36. The largest absolute Gasteiger partial charge is 0.338 e. The summed E-state index contributed by atoms with van der Waals surface area (Å²) in [5, 5.41) is 7.60. The van der Waals surface area contributed by atoms with Crippen LogP contribution in [0.15, 0.2) is 47.0 Å². The van der Waals surface area contributed by atoms with Crippen LogP contribution in [0.25, 0.3) is 11.4 Å². The molecule has 146 valence electrons. The summed E-state index contributed by atoms with van der Waals surface area (Å²) in [5.41, 5.74) is 3.83. The van der Waals surface area contributed by atoms with Crippen LogP contribution in [-0.2, 0) is 10.5 Å². The second kappa shape index (κ2) is 9.75. The van der Waals surface area contributed by atoms with Gasteiger partial charge in [-0.2, -0.15) is 16.7 Å². The molecule has 0 aliphatic heterocycles.